The van der Waals surface area contributed by atoms with Gasteiger partial charge >= 0.3 is 0 Å². The van der Waals surface area contributed by atoms with E-state index < -0.39 is 11.8 Å². The third kappa shape index (κ3) is 1.93. The van der Waals surface area contributed by atoms with E-state index in [1.54, 1.807) is 12.1 Å². The van der Waals surface area contributed by atoms with Crippen LogP contribution in [0.15, 0.2) is 42.5 Å². The fraction of sp³-hybridized carbons (Fsp3) is 0.0769. The van der Waals surface area contributed by atoms with E-state index in [4.69, 9.17) is 0 Å². The molecule has 0 atom stereocenters. The molecule has 80 valence electrons. The molecule has 0 aliphatic carbocycles. The zero-order chi connectivity index (χ0) is 11.5. The molecule has 0 saturated carbocycles. The van der Waals surface area contributed by atoms with Crippen molar-refractivity contribution in [1.29, 1.82) is 0 Å². The molecule has 0 heterocycles. The summed E-state index contributed by atoms with van der Waals surface area (Å²) >= 11 is 0. The predicted octanol–water partition coefficient (Wildman–Crippen LogP) is 0.701. The SMILES string of the molecule is O=C([O-])C(=O)Cc1cccc2ccccc12. The number of carbonyl (C=O) groups is 2. The van der Waals surface area contributed by atoms with Gasteiger partial charge in [0.05, 0.1) is 0 Å². The van der Waals surface area contributed by atoms with Crippen molar-refractivity contribution >= 4 is 22.5 Å². The lowest BCUT2D eigenvalue weighted by Gasteiger charge is -2.06. The normalized spacial score (nSPS) is 10.2. The van der Waals surface area contributed by atoms with Gasteiger partial charge in [-0.05, 0) is 16.3 Å². The Morgan fingerprint density at radius 1 is 1.00 bits per heavy atom. The van der Waals surface area contributed by atoms with E-state index in [1.807, 2.05) is 30.3 Å². The van der Waals surface area contributed by atoms with E-state index in [1.165, 1.54) is 0 Å². The lowest BCUT2D eigenvalue weighted by molar-refractivity contribution is -0.299. The van der Waals surface area contributed by atoms with Crippen molar-refractivity contribution in [1.82, 2.24) is 0 Å². The first-order valence-corrected chi connectivity index (χ1v) is 4.89. The molecule has 0 radical (unpaired) electrons. The van der Waals surface area contributed by atoms with E-state index in [0.29, 0.717) is 5.56 Å². The number of fused-ring (bicyclic) bond motifs is 1. The molecule has 2 aromatic rings. The number of carbonyl (C=O) groups excluding carboxylic acids is 2. The number of Topliss-reactive ketones (excluding diaryl/α,β-unsaturated/α-hetero) is 1. The molecular weight excluding hydrogens is 204 g/mol. The van der Waals surface area contributed by atoms with Gasteiger partial charge in [-0.25, -0.2) is 0 Å². The number of rotatable bonds is 3. The molecule has 0 fully saturated rings. The summed E-state index contributed by atoms with van der Waals surface area (Å²) in [6.45, 7) is 0. The fourth-order valence-electron chi connectivity index (χ4n) is 1.69. The molecule has 0 unspecified atom stereocenters. The largest absolute Gasteiger partial charge is 0.542 e. The van der Waals surface area contributed by atoms with Crippen molar-refractivity contribution in [3.05, 3.63) is 48.0 Å². The quantitative estimate of drug-likeness (QED) is 0.705. The second-order valence-corrected chi connectivity index (χ2v) is 3.53. The minimum Gasteiger partial charge on any atom is -0.542 e. The van der Waals surface area contributed by atoms with Crippen LogP contribution in [0.2, 0.25) is 0 Å². The second kappa shape index (κ2) is 4.14. The smallest absolute Gasteiger partial charge is 0.182 e. The van der Waals surface area contributed by atoms with Crippen molar-refractivity contribution in [3.8, 4) is 0 Å². The molecule has 2 rings (SSSR count). The van der Waals surface area contributed by atoms with Gasteiger partial charge in [-0.2, -0.15) is 0 Å². The van der Waals surface area contributed by atoms with Gasteiger partial charge in [-0.1, -0.05) is 42.5 Å². The summed E-state index contributed by atoms with van der Waals surface area (Å²) in [5.74, 6) is -2.52. The van der Waals surface area contributed by atoms with E-state index >= 15 is 0 Å². The van der Waals surface area contributed by atoms with Gasteiger partial charge in [0.1, 0.15) is 5.97 Å². The fourth-order valence-corrected chi connectivity index (χ4v) is 1.69. The van der Waals surface area contributed by atoms with Gasteiger partial charge in [0.2, 0.25) is 0 Å². The minimum absolute atomic E-state index is 0.121. The summed E-state index contributed by atoms with van der Waals surface area (Å²) in [7, 11) is 0. The summed E-state index contributed by atoms with van der Waals surface area (Å²) < 4.78 is 0. The van der Waals surface area contributed by atoms with E-state index in [9.17, 15) is 14.7 Å². The molecule has 16 heavy (non-hydrogen) atoms. The second-order valence-electron chi connectivity index (χ2n) is 3.53. The van der Waals surface area contributed by atoms with Gasteiger partial charge in [0.25, 0.3) is 0 Å². The van der Waals surface area contributed by atoms with Crippen LogP contribution in [-0.2, 0) is 16.0 Å². The van der Waals surface area contributed by atoms with Crippen LogP contribution in [0.4, 0.5) is 0 Å². The summed E-state index contributed by atoms with van der Waals surface area (Å²) in [6.07, 6.45) is -0.121. The van der Waals surface area contributed by atoms with Crippen molar-refractivity contribution in [2.75, 3.05) is 0 Å². The Labute approximate surface area is 92.3 Å². The highest BCUT2D eigenvalue weighted by Gasteiger charge is 2.07. The van der Waals surface area contributed by atoms with Crippen LogP contribution < -0.4 is 5.11 Å². The molecule has 0 aromatic heterocycles. The molecule has 0 N–H and O–H groups in total. The molecule has 0 spiro atoms. The van der Waals surface area contributed by atoms with Gasteiger partial charge in [-0.15, -0.1) is 0 Å². The Balaban J connectivity index is 2.45. The Bertz CT molecular complexity index is 553. The Morgan fingerprint density at radius 3 is 2.44 bits per heavy atom. The maximum absolute atomic E-state index is 11.1. The third-order valence-corrected chi connectivity index (χ3v) is 2.46. The van der Waals surface area contributed by atoms with E-state index in [-0.39, 0.29) is 6.42 Å². The number of carboxylic acid groups (broad SMARTS) is 1. The number of hydrogen-bond acceptors (Lipinski definition) is 3. The van der Waals surface area contributed by atoms with Crippen LogP contribution in [0.5, 0.6) is 0 Å². The molecule has 0 bridgehead atoms. The highest BCUT2D eigenvalue weighted by Crippen LogP contribution is 2.18. The Hall–Kier alpha value is -2.16. The lowest BCUT2D eigenvalue weighted by atomic mass is 10.0. The average Bonchev–Trinajstić information content (AvgIpc) is 2.29. The first-order valence-electron chi connectivity index (χ1n) is 4.89. The first-order chi connectivity index (χ1) is 7.68. The lowest BCUT2D eigenvalue weighted by Crippen LogP contribution is -2.32. The van der Waals surface area contributed by atoms with Crippen LogP contribution in [0.25, 0.3) is 10.8 Å². The zero-order valence-electron chi connectivity index (χ0n) is 8.47. The number of hydrogen-bond donors (Lipinski definition) is 0. The molecule has 0 aliphatic rings. The van der Waals surface area contributed by atoms with Gasteiger partial charge in [-0.3, -0.25) is 4.79 Å². The molecule has 0 saturated heterocycles. The third-order valence-electron chi connectivity index (χ3n) is 2.46. The van der Waals surface area contributed by atoms with Crippen LogP contribution in [-0.4, -0.2) is 11.8 Å². The summed E-state index contributed by atoms with van der Waals surface area (Å²) in [5, 5.41) is 12.3. The molecule has 0 amide bonds. The molecular formula is C13H9O3-. The molecule has 0 aliphatic heterocycles. The monoisotopic (exact) mass is 213 g/mol. The summed E-state index contributed by atoms with van der Waals surface area (Å²) in [6, 6.07) is 13.0. The van der Waals surface area contributed by atoms with Gasteiger partial charge in [0.15, 0.2) is 5.78 Å². The predicted molar refractivity (Wildman–Crippen MR) is 57.7 cm³/mol. The summed E-state index contributed by atoms with van der Waals surface area (Å²) in [4.78, 5) is 21.5. The van der Waals surface area contributed by atoms with E-state index in [0.717, 1.165) is 10.8 Å². The topological polar surface area (TPSA) is 57.2 Å². The van der Waals surface area contributed by atoms with Gasteiger partial charge in [0, 0.05) is 6.42 Å². The highest BCUT2D eigenvalue weighted by molar-refractivity contribution is 6.32. The first kappa shape index (κ1) is 10.4. The van der Waals surface area contributed by atoms with E-state index in [2.05, 4.69) is 0 Å². The van der Waals surface area contributed by atoms with Crippen LogP contribution >= 0.6 is 0 Å². The maximum atomic E-state index is 11.1. The molecule has 3 heteroatoms. The average molecular weight is 213 g/mol. The van der Waals surface area contributed by atoms with Crippen molar-refractivity contribution in [3.63, 3.8) is 0 Å². The van der Waals surface area contributed by atoms with Crippen molar-refractivity contribution in [2.24, 2.45) is 0 Å². The minimum atomic E-state index is -1.63. The highest BCUT2D eigenvalue weighted by atomic mass is 16.4. The Kier molecular flexibility index (Phi) is 2.68. The van der Waals surface area contributed by atoms with Crippen molar-refractivity contribution < 1.29 is 14.7 Å². The maximum Gasteiger partial charge on any atom is 0.182 e. The van der Waals surface area contributed by atoms with Crippen molar-refractivity contribution in [2.45, 2.75) is 6.42 Å². The standard InChI is InChI=1S/C13H10O3/c14-12(13(15)16)8-10-6-3-5-9-4-1-2-7-11(9)10/h1-7H,8H2,(H,15,16)/p-1. The molecule has 3 nitrogen and oxygen atoms in total. The van der Waals surface area contributed by atoms with Crippen LogP contribution in [0, 0.1) is 0 Å². The van der Waals surface area contributed by atoms with Crippen LogP contribution in [0.1, 0.15) is 5.56 Å². The number of ketones is 1. The zero-order valence-corrected chi connectivity index (χ0v) is 8.47. The Morgan fingerprint density at radius 2 is 1.69 bits per heavy atom. The number of aliphatic carboxylic acids is 1. The number of benzene rings is 2. The summed E-state index contributed by atoms with van der Waals surface area (Å²) in [5.41, 5.74) is 0.715. The van der Waals surface area contributed by atoms with Gasteiger partial charge < -0.3 is 9.90 Å². The number of carboxylic acids is 1. The van der Waals surface area contributed by atoms with Crippen LogP contribution in [0.3, 0.4) is 0 Å². The molecule has 2 aromatic carbocycles.